The van der Waals surface area contributed by atoms with Crippen molar-refractivity contribution in [3.8, 4) is 0 Å². The lowest BCUT2D eigenvalue weighted by Gasteiger charge is -2.34. The predicted molar refractivity (Wildman–Crippen MR) is 171 cm³/mol. The Hall–Kier alpha value is -3.33. The van der Waals surface area contributed by atoms with Crippen molar-refractivity contribution < 1.29 is 9.53 Å². The summed E-state index contributed by atoms with van der Waals surface area (Å²) in [6.07, 6.45) is 6.53. The number of carbonyl (C=O) groups is 1. The number of likely N-dealkylation sites (N-methyl/N-ethyl adjacent to an activating group) is 1. The number of amides is 1. The van der Waals surface area contributed by atoms with E-state index in [0.717, 1.165) is 61.1 Å². The molecule has 0 radical (unpaired) electrons. The van der Waals surface area contributed by atoms with Gasteiger partial charge in [0.15, 0.2) is 5.65 Å². The number of hydrogen-bond acceptors (Lipinski definition) is 7. The van der Waals surface area contributed by atoms with Crippen molar-refractivity contribution in [1.82, 2.24) is 19.5 Å². The Morgan fingerprint density at radius 1 is 1.10 bits per heavy atom. The highest BCUT2D eigenvalue weighted by atomic mass is 16.6. The van der Waals surface area contributed by atoms with Crippen molar-refractivity contribution in [3.63, 3.8) is 0 Å². The summed E-state index contributed by atoms with van der Waals surface area (Å²) in [6.45, 7) is 17.2. The van der Waals surface area contributed by atoms with Crippen molar-refractivity contribution in [1.29, 1.82) is 0 Å². The van der Waals surface area contributed by atoms with E-state index < -0.39 is 11.7 Å². The van der Waals surface area contributed by atoms with Gasteiger partial charge in [-0.1, -0.05) is 40.0 Å². The number of ether oxygens (including phenoxy) is 1. The summed E-state index contributed by atoms with van der Waals surface area (Å²) in [5, 5.41) is 8.37. The molecule has 9 nitrogen and oxygen atoms in total. The molecule has 5 rings (SSSR count). The van der Waals surface area contributed by atoms with E-state index in [4.69, 9.17) is 14.8 Å². The van der Waals surface area contributed by atoms with Crippen molar-refractivity contribution in [2.75, 3.05) is 54.9 Å². The summed E-state index contributed by atoms with van der Waals surface area (Å²) in [5.74, 6) is 2.88. The van der Waals surface area contributed by atoms with Crippen LogP contribution in [0.15, 0.2) is 36.5 Å². The first-order valence-corrected chi connectivity index (χ1v) is 15.7. The highest BCUT2D eigenvalue weighted by Crippen LogP contribution is 2.34. The number of anilines is 4. The van der Waals surface area contributed by atoms with Gasteiger partial charge in [0.2, 0.25) is 0 Å². The molecule has 2 fully saturated rings. The molecule has 2 atom stereocenters. The van der Waals surface area contributed by atoms with E-state index in [-0.39, 0.29) is 5.92 Å². The van der Waals surface area contributed by atoms with Crippen LogP contribution in [0.5, 0.6) is 0 Å². The molecule has 0 bridgehead atoms. The molecule has 2 aromatic heterocycles. The lowest BCUT2D eigenvalue weighted by molar-refractivity contribution is 0.0597. The number of piperazine rings is 1. The van der Waals surface area contributed by atoms with Gasteiger partial charge in [0.25, 0.3) is 0 Å². The van der Waals surface area contributed by atoms with Crippen LogP contribution in [0.25, 0.3) is 5.65 Å². The number of nitrogens with one attached hydrogen (secondary N) is 1. The van der Waals surface area contributed by atoms with Crippen LogP contribution in [0, 0.1) is 11.8 Å². The van der Waals surface area contributed by atoms with Gasteiger partial charge in [-0.3, -0.25) is 0 Å². The highest BCUT2D eigenvalue weighted by molar-refractivity contribution is 5.96. The standard InChI is InChI=1S/C33H49N7O2/c1-23(2)28-22-35-40-30(20-29(36-31(28)40)34-21-25-11-9-8-10-24(25)3)39(32(41)42-33(4,5)6)27-14-12-26(13-15-27)38-18-16-37(7)17-19-38/h12-15,20,22-25H,8-11,16-19,21H2,1-7H3,(H,34,36)/t24-,25+/m0/s1. The molecule has 1 aliphatic heterocycles. The van der Waals surface area contributed by atoms with Crippen LogP contribution >= 0.6 is 0 Å². The second-order valence-electron chi connectivity index (χ2n) is 13.5. The maximum Gasteiger partial charge on any atom is 0.420 e. The first kappa shape index (κ1) is 30.1. The molecule has 2 aliphatic rings. The van der Waals surface area contributed by atoms with Crippen LogP contribution in [0.4, 0.5) is 27.8 Å². The molecular weight excluding hydrogens is 526 g/mol. The average molecular weight is 576 g/mol. The topological polar surface area (TPSA) is 78.2 Å². The minimum Gasteiger partial charge on any atom is -0.443 e. The minimum atomic E-state index is -0.660. The van der Waals surface area contributed by atoms with E-state index in [1.165, 1.54) is 25.7 Å². The van der Waals surface area contributed by atoms with E-state index in [0.29, 0.717) is 17.7 Å². The van der Waals surface area contributed by atoms with Gasteiger partial charge in [-0.2, -0.15) is 9.61 Å². The molecule has 1 N–H and O–H groups in total. The van der Waals surface area contributed by atoms with E-state index in [1.807, 2.05) is 45.2 Å². The van der Waals surface area contributed by atoms with Crippen molar-refractivity contribution >= 4 is 34.8 Å². The van der Waals surface area contributed by atoms with Gasteiger partial charge in [0.1, 0.15) is 17.2 Å². The average Bonchev–Trinajstić information content (AvgIpc) is 3.37. The zero-order valence-electron chi connectivity index (χ0n) is 26.6. The maximum absolute atomic E-state index is 13.9. The molecule has 3 heterocycles. The predicted octanol–water partition coefficient (Wildman–Crippen LogP) is 6.92. The summed E-state index contributed by atoms with van der Waals surface area (Å²) in [7, 11) is 2.16. The summed E-state index contributed by atoms with van der Waals surface area (Å²) < 4.78 is 7.75. The van der Waals surface area contributed by atoms with Crippen LogP contribution in [0.1, 0.15) is 78.7 Å². The fourth-order valence-electron chi connectivity index (χ4n) is 6.07. The van der Waals surface area contributed by atoms with Gasteiger partial charge >= 0.3 is 6.09 Å². The van der Waals surface area contributed by atoms with Gasteiger partial charge in [0, 0.05) is 50.0 Å². The Bertz CT molecular complexity index is 1350. The number of nitrogens with zero attached hydrogens (tertiary/aromatic N) is 6. The number of hydrogen-bond donors (Lipinski definition) is 1. The van der Waals surface area contributed by atoms with Gasteiger partial charge in [0.05, 0.1) is 11.9 Å². The van der Waals surface area contributed by atoms with E-state index in [1.54, 1.807) is 9.42 Å². The third-order valence-electron chi connectivity index (χ3n) is 8.72. The molecule has 42 heavy (non-hydrogen) atoms. The lowest BCUT2D eigenvalue weighted by atomic mass is 9.80. The summed E-state index contributed by atoms with van der Waals surface area (Å²) in [5.41, 5.74) is 3.01. The monoisotopic (exact) mass is 575 g/mol. The number of rotatable bonds is 7. The molecule has 0 spiro atoms. The quantitative estimate of drug-likeness (QED) is 0.328. The maximum atomic E-state index is 13.9. The van der Waals surface area contributed by atoms with E-state index in [9.17, 15) is 4.79 Å². The molecule has 1 amide bonds. The second kappa shape index (κ2) is 12.5. The lowest BCUT2D eigenvalue weighted by Crippen LogP contribution is -2.44. The molecular formula is C33H49N7O2. The van der Waals surface area contributed by atoms with Crippen molar-refractivity contribution in [2.45, 2.75) is 78.7 Å². The van der Waals surface area contributed by atoms with E-state index >= 15 is 0 Å². The second-order valence-corrected chi connectivity index (χ2v) is 13.5. The number of fused-ring (bicyclic) bond motifs is 1. The smallest absolute Gasteiger partial charge is 0.420 e. The van der Waals surface area contributed by atoms with Crippen LogP contribution in [-0.4, -0.2) is 71.0 Å². The van der Waals surface area contributed by atoms with Crippen LogP contribution in [0.3, 0.4) is 0 Å². The van der Waals surface area contributed by atoms with Crippen LogP contribution in [-0.2, 0) is 4.74 Å². The number of benzene rings is 1. The van der Waals surface area contributed by atoms with E-state index in [2.05, 4.69) is 55.1 Å². The molecule has 3 aromatic rings. The molecule has 1 aromatic carbocycles. The number of carbonyl (C=O) groups excluding carboxylic acids is 1. The fourth-order valence-corrected chi connectivity index (χ4v) is 6.07. The van der Waals surface area contributed by atoms with Gasteiger partial charge < -0.3 is 19.9 Å². The minimum absolute atomic E-state index is 0.231. The molecule has 9 heteroatoms. The zero-order valence-corrected chi connectivity index (χ0v) is 26.6. The molecule has 1 saturated heterocycles. The SMILES string of the molecule is CC(C)c1cnn2c(N(C(=O)OC(C)(C)C)c3ccc(N4CCN(C)CC4)cc3)cc(NC[C@H]3CCCC[C@@H]3C)nc12. The van der Waals surface area contributed by atoms with Gasteiger partial charge in [-0.15, -0.1) is 0 Å². The Kier molecular flexibility index (Phi) is 8.97. The molecule has 0 unspecified atom stereocenters. The van der Waals surface area contributed by atoms with Crippen LogP contribution in [0.2, 0.25) is 0 Å². The first-order chi connectivity index (χ1) is 20.0. The third kappa shape index (κ3) is 6.83. The first-order valence-electron chi connectivity index (χ1n) is 15.7. The van der Waals surface area contributed by atoms with Crippen LogP contribution < -0.4 is 15.1 Å². The Labute approximate surface area is 251 Å². The molecule has 228 valence electrons. The largest absolute Gasteiger partial charge is 0.443 e. The zero-order chi connectivity index (χ0) is 30.0. The summed E-state index contributed by atoms with van der Waals surface area (Å²) in [4.78, 5) is 25.3. The number of aromatic nitrogens is 3. The Morgan fingerprint density at radius 2 is 1.79 bits per heavy atom. The fraction of sp³-hybridized carbons (Fsp3) is 0.606. The Balaban J connectivity index is 1.55. The molecule has 1 saturated carbocycles. The Morgan fingerprint density at radius 3 is 2.43 bits per heavy atom. The van der Waals surface area contributed by atoms with Crippen molar-refractivity contribution in [3.05, 3.63) is 42.1 Å². The van der Waals surface area contributed by atoms with Crippen molar-refractivity contribution in [2.24, 2.45) is 11.8 Å². The molecule has 1 aliphatic carbocycles. The highest BCUT2D eigenvalue weighted by Gasteiger charge is 2.29. The normalized spacial score (nSPS) is 20.2. The van der Waals surface area contributed by atoms with Gasteiger partial charge in [-0.05, 0) is 76.3 Å². The summed E-state index contributed by atoms with van der Waals surface area (Å²) >= 11 is 0. The van der Waals surface area contributed by atoms with Gasteiger partial charge in [-0.25, -0.2) is 14.7 Å². The summed E-state index contributed by atoms with van der Waals surface area (Å²) in [6, 6.07) is 10.2. The third-order valence-corrected chi connectivity index (χ3v) is 8.72.